The van der Waals surface area contributed by atoms with Crippen molar-refractivity contribution in [2.75, 3.05) is 29.0 Å². The number of rotatable bonds is 5. The van der Waals surface area contributed by atoms with Gasteiger partial charge in [-0.1, -0.05) is 12.1 Å². The zero-order valence-electron chi connectivity index (χ0n) is 15.0. The van der Waals surface area contributed by atoms with E-state index in [0.717, 1.165) is 24.3 Å². The number of anilines is 3. The van der Waals surface area contributed by atoms with E-state index in [0.29, 0.717) is 29.1 Å². The van der Waals surface area contributed by atoms with Crippen molar-refractivity contribution >= 4 is 29.2 Å². The van der Waals surface area contributed by atoms with Gasteiger partial charge in [-0.25, -0.2) is 0 Å². The molecule has 1 aliphatic rings. The summed E-state index contributed by atoms with van der Waals surface area (Å²) in [7, 11) is 0. The Kier molecular flexibility index (Phi) is 5.23. The molecule has 2 unspecified atom stereocenters. The number of nitrogens with one attached hydrogen (secondary N) is 2. The van der Waals surface area contributed by atoms with Crippen LogP contribution in [-0.4, -0.2) is 37.4 Å². The molecule has 0 spiro atoms. The third-order valence-electron chi connectivity index (χ3n) is 4.49. The topological polar surface area (TPSA) is 91.4 Å². The summed E-state index contributed by atoms with van der Waals surface area (Å²) in [6.07, 6.45) is 1.01. The van der Waals surface area contributed by atoms with Crippen molar-refractivity contribution in [3.8, 4) is 0 Å². The van der Waals surface area contributed by atoms with Gasteiger partial charge < -0.3 is 20.7 Å². The average molecular weight is 352 g/mol. The minimum Gasteiger partial charge on any atom is -0.398 e. The number of carbonyl (C=O) groups is 1. The Labute approximate surface area is 153 Å². The molecule has 2 aromatic carbocycles. The smallest absolute Gasteiger partial charge is 0.211 e. The van der Waals surface area contributed by atoms with Gasteiger partial charge in [-0.05, 0) is 44.2 Å². The van der Waals surface area contributed by atoms with Crippen LogP contribution in [0.3, 0.4) is 0 Å². The first-order valence-electron chi connectivity index (χ1n) is 8.67. The fraction of sp³-hybridized carbons (Fsp3) is 0.300. The molecule has 0 bridgehead atoms. The van der Waals surface area contributed by atoms with Crippen molar-refractivity contribution in [3.05, 3.63) is 53.6 Å². The second kappa shape index (κ2) is 7.58. The summed E-state index contributed by atoms with van der Waals surface area (Å²) < 4.78 is 5.78. The van der Waals surface area contributed by atoms with Crippen molar-refractivity contribution in [1.29, 1.82) is 5.41 Å². The van der Waals surface area contributed by atoms with Crippen molar-refractivity contribution < 1.29 is 9.53 Å². The summed E-state index contributed by atoms with van der Waals surface area (Å²) in [6.45, 7) is 5.87. The number of morpholine rings is 1. The van der Waals surface area contributed by atoms with Crippen LogP contribution in [0.1, 0.15) is 25.0 Å². The minimum absolute atomic E-state index is 0.199. The minimum atomic E-state index is 0.199. The SMILES string of the molecule is CC1CN(c2ccc(C(=N)c3cc(NC=O)ccc3N)cc2)CC(C)O1. The molecular formula is C20H24N4O2. The maximum absolute atomic E-state index is 10.6. The number of amides is 1. The molecule has 0 saturated carbocycles. The van der Waals surface area contributed by atoms with E-state index in [1.54, 1.807) is 18.2 Å². The number of ether oxygens (including phenoxy) is 1. The molecule has 4 N–H and O–H groups in total. The number of benzene rings is 2. The summed E-state index contributed by atoms with van der Waals surface area (Å²) in [5.41, 5.74) is 9.96. The summed E-state index contributed by atoms with van der Waals surface area (Å²) in [6, 6.07) is 13.0. The Morgan fingerprint density at radius 1 is 1.19 bits per heavy atom. The van der Waals surface area contributed by atoms with Crippen molar-refractivity contribution in [2.24, 2.45) is 0 Å². The second-order valence-electron chi connectivity index (χ2n) is 6.65. The van der Waals surface area contributed by atoms with E-state index in [2.05, 4.69) is 24.1 Å². The molecule has 26 heavy (non-hydrogen) atoms. The lowest BCUT2D eigenvalue weighted by molar-refractivity contribution is -0.105. The number of nitrogens with two attached hydrogens (primary N) is 1. The molecule has 1 heterocycles. The van der Waals surface area contributed by atoms with E-state index in [1.165, 1.54) is 0 Å². The standard InChI is InChI=1S/C20H24N4O2/c1-13-10-24(11-14(2)26-13)17-6-3-15(4-7-17)20(22)18-9-16(23-12-25)5-8-19(18)21/h3-9,12-14,22H,10-11,21H2,1-2H3,(H,23,25). The number of hydrogen-bond donors (Lipinski definition) is 3. The predicted molar refractivity (Wildman–Crippen MR) is 105 cm³/mol. The van der Waals surface area contributed by atoms with Gasteiger partial charge >= 0.3 is 0 Å². The highest BCUT2D eigenvalue weighted by Crippen LogP contribution is 2.24. The highest BCUT2D eigenvalue weighted by molar-refractivity contribution is 6.14. The van der Waals surface area contributed by atoms with E-state index in [4.69, 9.17) is 15.9 Å². The van der Waals surface area contributed by atoms with Crippen molar-refractivity contribution in [1.82, 2.24) is 0 Å². The van der Waals surface area contributed by atoms with E-state index < -0.39 is 0 Å². The summed E-state index contributed by atoms with van der Waals surface area (Å²) in [5.74, 6) is 0. The van der Waals surface area contributed by atoms with E-state index in [9.17, 15) is 4.79 Å². The van der Waals surface area contributed by atoms with Crippen LogP contribution in [0.5, 0.6) is 0 Å². The fourth-order valence-corrected chi connectivity index (χ4v) is 3.31. The number of nitrogens with zero attached hydrogens (tertiary/aromatic N) is 1. The quantitative estimate of drug-likeness (QED) is 0.438. The van der Waals surface area contributed by atoms with E-state index in [1.807, 2.05) is 24.3 Å². The van der Waals surface area contributed by atoms with Gasteiger partial charge in [-0.3, -0.25) is 10.2 Å². The van der Waals surface area contributed by atoms with Gasteiger partial charge in [0, 0.05) is 41.3 Å². The Bertz CT molecular complexity index is 794. The lowest BCUT2D eigenvalue weighted by Crippen LogP contribution is -2.45. The average Bonchev–Trinajstić information content (AvgIpc) is 2.62. The van der Waals surface area contributed by atoms with Gasteiger partial charge in [-0.2, -0.15) is 0 Å². The van der Waals surface area contributed by atoms with Crippen LogP contribution in [-0.2, 0) is 9.53 Å². The van der Waals surface area contributed by atoms with Gasteiger partial charge in [0.1, 0.15) is 0 Å². The second-order valence-corrected chi connectivity index (χ2v) is 6.65. The van der Waals surface area contributed by atoms with Crippen LogP contribution in [0.25, 0.3) is 0 Å². The number of hydrogen-bond acceptors (Lipinski definition) is 5. The number of nitrogen functional groups attached to an aromatic ring is 1. The fourth-order valence-electron chi connectivity index (χ4n) is 3.31. The molecule has 1 fully saturated rings. The maximum atomic E-state index is 10.6. The third-order valence-corrected chi connectivity index (χ3v) is 4.49. The maximum Gasteiger partial charge on any atom is 0.211 e. The first kappa shape index (κ1) is 17.9. The molecule has 2 aromatic rings. The third kappa shape index (κ3) is 3.86. The first-order valence-corrected chi connectivity index (χ1v) is 8.67. The monoisotopic (exact) mass is 352 g/mol. The lowest BCUT2D eigenvalue weighted by Gasteiger charge is -2.36. The molecule has 6 heteroatoms. The molecule has 2 atom stereocenters. The van der Waals surface area contributed by atoms with Gasteiger partial charge in [-0.15, -0.1) is 0 Å². The van der Waals surface area contributed by atoms with Crippen LogP contribution >= 0.6 is 0 Å². The molecule has 0 radical (unpaired) electrons. The molecule has 1 aliphatic heterocycles. The first-order chi connectivity index (χ1) is 12.5. The Balaban J connectivity index is 1.81. The summed E-state index contributed by atoms with van der Waals surface area (Å²) in [5, 5.41) is 11.1. The molecule has 136 valence electrons. The van der Waals surface area contributed by atoms with Gasteiger partial charge in [0.2, 0.25) is 6.41 Å². The Hall–Kier alpha value is -2.86. The highest BCUT2D eigenvalue weighted by Gasteiger charge is 2.22. The van der Waals surface area contributed by atoms with Crippen LogP contribution in [0.15, 0.2) is 42.5 Å². The molecule has 0 aromatic heterocycles. The zero-order chi connectivity index (χ0) is 18.7. The Morgan fingerprint density at radius 3 is 2.46 bits per heavy atom. The highest BCUT2D eigenvalue weighted by atomic mass is 16.5. The van der Waals surface area contributed by atoms with E-state index in [-0.39, 0.29) is 12.2 Å². The van der Waals surface area contributed by atoms with Crippen LogP contribution in [0.4, 0.5) is 17.1 Å². The molecular weight excluding hydrogens is 328 g/mol. The van der Waals surface area contributed by atoms with Gasteiger partial charge in [0.05, 0.1) is 17.9 Å². The van der Waals surface area contributed by atoms with Gasteiger partial charge in [0.25, 0.3) is 0 Å². The largest absolute Gasteiger partial charge is 0.398 e. The van der Waals surface area contributed by atoms with E-state index >= 15 is 0 Å². The molecule has 6 nitrogen and oxygen atoms in total. The normalized spacial score (nSPS) is 19.8. The molecule has 1 saturated heterocycles. The van der Waals surface area contributed by atoms with Crippen LogP contribution in [0, 0.1) is 5.41 Å². The molecule has 0 aliphatic carbocycles. The Morgan fingerprint density at radius 2 is 1.85 bits per heavy atom. The van der Waals surface area contributed by atoms with Crippen molar-refractivity contribution in [3.63, 3.8) is 0 Å². The summed E-state index contributed by atoms with van der Waals surface area (Å²) >= 11 is 0. The number of carbonyl (C=O) groups excluding carboxylic acids is 1. The van der Waals surface area contributed by atoms with Gasteiger partial charge in [0.15, 0.2) is 0 Å². The summed E-state index contributed by atoms with van der Waals surface area (Å²) in [4.78, 5) is 12.9. The van der Waals surface area contributed by atoms with Crippen LogP contribution < -0.4 is 16.0 Å². The van der Waals surface area contributed by atoms with Crippen molar-refractivity contribution in [2.45, 2.75) is 26.1 Å². The molecule has 1 amide bonds. The zero-order valence-corrected chi connectivity index (χ0v) is 15.0. The van der Waals surface area contributed by atoms with Crippen LogP contribution in [0.2, 0.25) is 0 Å². The molecule has 3 rings (SSSR count). The predicted octanol–water partition coefficient (Wildman–Crippen LogP) is 2.87. The lowest BCUT2D eigenvalue weighted by atomic mass is 9.99.